The van der Waals surface area contributed by atoms with Gasteiger partial charge in [0.25, 0.3) is 5.78 Å². The summed E-state index contributed by atoms with van der Waals surface area (Å²) in [7, 11) is 0. The predicted molar refractivity (Wildman–Crippen MR) is 104 cm³/mol. The number of para-hydroxylation sites is 2. The van der Waals surface area contributed by atoms with Crippen LogP contribution >= 0.6 is 0 Å². The molecule has 4 nitrogen and oxygen atoms in total. The molecule has 0 saturated heterocycles. The Morgan fingerprint density at radius 1 is 0.741 bits per heavy atom. The number of ketones is 2. The largest absolute Gasteiger partial charge is 0.304 e. The Morgan fingerprint density at radius 3 is 2.15 bits per heavy atom. The van der Waals surface area contributed by atoms with Gasteiger partial charge in [-0.2, -0.15) is 0 Å². The third kappa shape index (κ3) is 2.98. The molecule has 1 amide bonds. The van der Waals surface area contributed by atoms with Gasteiger partial charge in [-0.25, -0.2) is 0 Å². The van der Waals surface area contributed by atoms with Gasteiger partial charge in [-0.05, 0) is 35.9 Å². The van der Waals surface area contributed by atoms with Crippen molar-refractivity contribution in [2.75, 3.05) is 4.90 Å². The molecular formula is C23H15NO3. The van der Waals surface area contributed by atoms with E-state index in [0.29, 0.717) is 28.1 Å². The van der Waals surface area contributed by atoms with E-state index >= 15 is 0 Å². The van der Waals surface area contributed by atoms with Crippen LogP contribution in [-0.2, 0) is 4.79 Å². The Balaban J connectivity index is 1.73. The Hall–Kier alpha value is -3.79. The lowest BCUT2D eigenvalue weighted by Crippen LogP contribution is -2.25. The van der Waals surface area contributed by atoms with Gasteiger partial charge in [0, 0.05) is 5.56 Å². The topological polar surface area (TPSA) is 54.5 Å². The molecule has 3 aromatic carbocycles. The monoisotopic (exact) mass is 353 g/mol. The number of hydrogen-bond donors (Lipinski definition) is 0. The molecule has 0 saturated carbocycles. The summed E-state index contributed by atoms with van der Waals surface area (Å²) in [6.07, 6.45) is 3.14. The highest BCUT2D eigenvalue weighted by atomic mass is 16.2. The number of hydrogen-bond acceptors (Lipinski definition) is 3. The lowest BCUT2D eigenvalue weighted by Gasteiger charge is -2.19. The van der Waals surface area contributed by atoms with Crippen molar-refractivity contribution in [2.24, 2.45) is 0 Å². The molecule has 0 bridgehead atoms. The molecule has 4 heteroatoms. The Bertz CT molecular complexity index is 1080. The lowest BCUT2D eigenvalue weighted by atomic mass is 10.1. The van der Waals surface area contributed by atoms with Gasteiger partial charge in [0.2, 0.25) is 0 Å². The number of anilines is 2. The molecule has 1 heterocycles. The van der Waals surface area contributed by atoms with Crippen LogP contribution in [0.5, 0.6) is 0 Å². The Morgan fingerprint density at radius 2 is 1.37 bits per heavy atom. The molecule has 1 aliphatic heterocycles. The molecule has 1 aliphatic rings. The number of benzene rings is 3. The van der Waals surface area contributed by atoms with E-state index < -0.39 is 11.7 Å². The van der Waals surface area contributed by atoms with Gasteiger partial charge in [0.05, 0.1) is 16.9 Å². The first kappa shape index (κ1) is 16.7. The summed E-state index contributed by atoms with van der Waals surface area (Å²) < 4.78 is 0. The fourth-order valence-corrected chi connectivity index (χ4v) is 3.12. The van der Waals surface area contributed by atoms with Crippen molar-refractivity contribution in [1.29, 1.82) is 0 Å². The highest BCUT2D eigenvalue weighted by Gasteiger charge is 2.37. The van der Waals surface area contributed by atoms with Gasteiger partial charge >= 0.3 is 5.91 Å². The van der Waals surface area contributed by atoms with Crippen LogP contribution in [0.4, 0.5) is 11.4 Å². The van der Waals surface area contributed by atoms with Crippen LogP contribution in [0.25, 0.3) is 6.08 Å². The second-order valence-corrected chi connectivity index (χ2v) is 6.11. The fraction of sp³-hybridized carbons (Fsp3) is 0. The third-order valence-electron chi connectivity index (χ3n) is 4.44. The molecule has 0 fully saturated rings. The van der Waals surface area contributed by atoms with Crippen LogP contribution in [0.2, 0.25) is 0 Å². The Kier molecular flexibility index (Phi) is 4.22. The summed E-state index contributed by atoms with van der Waals surface area (Å²) in [5.41, 5.74) is 2.78. The molecule has 3 aromatic rings. The SMILES string of the molecule is O=C(C=Cc1ccccc1N1C(=O)C(=O)c2ccccc21)c1ccccc1. The maximum atomic E-state index is 12.6. The van der Waals surface area contributed by atoms with E-state index in [0.717, 1.165) is 0 Å². The molecule has 0 aliphatic carbocycles. The standard InChI is InChI=1S/C23H15NO3/c25-21(17-9-2-1-3-10-17)15-14-16-8-4-6-12-19(16)24-20-13-7-5-11-18(20)22(26)23(24)27/h1-15H. The first-order valence-electron chi connectivity index (χ1n) is 8.51. The third-order valence-corrected chi connectivity index (χ3v) is 4.44. The molecule has 130 valence electrons. The van der Waals surface area contributed by atoms with Gasteiger partial charge in [-0.3, -0.25) is 19.3 Å². The fourth-order valence-electron chi connectivity index (χ4n) is 3.12. The average Bonchev–Trinajstić information content (AvgIpc) is 2.98. The first-order chi connectivity index (χ1) is 13.2. The average molecular weight is 353 g/mol. The Labute approximate surface area is 156 Å². The van der Waals surface area contributed by atoms with Crippen LogP contribution in [0.15, 0.2) is 84.9 Å². The number of carbonyl (C=O) groups excluding carboxylic acids is 3. The zero-order chi connectivity index (χ0) is 18.8. The van der Waals surface area contributed by atoms with Gasteiger partial charge in [0.1, 0.15) is 0 Å². The van der Waals surface area contributed by atoms with Gasteiger partial charge in [-0.1, -0.05) is 60.7 Å². The highest BCUT2D eigenvalue weighted by Crippen LogP contribution is 2.37. The number of Topliss-reactive ketones (excluding diaryl/α,β-unsaturated/α-hetero) is 1. The molecule has 0 aromatic heterocycles. The second kappa shape index (κ2) is 6.84. The minimum Gasteiger partial charge on any atom is -0.289 e. The summed E-state index contributed by atoms with van der Waals surface area (Å²) in [6.45, 7) is 0. The van der Waals surface area contributed by atoms with Crippen molar-refractivity contribution in [3.63, 3.8) is 0 Å². The van der Waals surface area contributed by atoms with E-state index in [1.165, 1.54) is 11.0 Å². The number of amides is 1. The zero-order valence-electron chi connectivity index (χ0n) is 14.3. The van der Waals surface area contributed by atoms with Gasteiger partial charge in [-0.15, -0.1) is 0 Å². The predicted octanol–water partition coefficient (Wildman–Crippen LogP) is 4.44. The molecule has 0 radical (unpaired) electrons. The van der Waals surface area contributed by atoms with Crippen LogP contribution < -0.4 is 4.90 Å². The number of nitrogens with zero attached hydrogens (tertiary/aromatic N) is 1. The summed E-state index contributed by atoms with van der Waals surface area (Å²) >= 11 is 0. The summed E-state index contributed by atoms with van der Waals surface area (Å²) in [6, 6.07) is 23.1. The van der Waals surface area contributed by atoms with Crippen molar-refractivity contribution >= 4 is 34.9 Å². The summed E-state index contributed by atoms with van der Waals surface area (Å²) in [4.78, 5) is 38.6. The maximum absolute atomic E-state index is 12.6. The summed E-state index contributed by atoms with van der Waals surface area (Å²) in [5, 5.41) is 0. The molecule has 0 unspecified atom stereocenters. The maximum Gasteiger partial charge on any atom is 0.304 e. The zero-order valence-corrected chi connectivity index (χ0v) is 14.3. The molecular weight excluding hydrogens is 338 g/mol. The van der Waals surface area contributed by atoms with Crippen molar-refractivity contribution in [1.82, 2.24) is 0 Å². The van der Waals surface area contributed by atoms with E-state index in [1.54, 1.807) is 66.7 Å². The van der Waals surface area contributed by atoms with Crippen molar-refractivity contribution in [3.8, 4) is 0 Å². The van der Waals surface area contributed by atoms with Gasteiger partial charge in [0.15, 0.2) is 5.78 Å². The number of allylic oxidation sites excluding steroid dienone is 1. The van der Waals surface area contributed by atoms with Crippen molar-refractivity contribution in [2.45, 2.75) is 0 Å². The van der Waals surface area contributed by atoms with Gasteiger partial charge < -0.3 is 0 Å². The minimum absolute atomic E-state index is 0.130. The van der Waals surface area contributed by atoms with E-state index in [1.807, 2.05) is 18.2 Å². The van der Waals surface area contributed by atoms with Crippen molar-refractivity contribution in [3.05, 3.63) is 102 Å². The van der Waals surface area contributed by atoms with Crippen molar-refractivity contribution < 1.29 is 14.4 Å². The first-order valence-corrected chi connectivity index (χ1v) is 8.51. The smallest absolute Gasteiger partial charge is 0.289 e. The van der Waals surface area contributed by atoms with Crippen LogP contribution in [-0.4, -0.2) is 17.5 Å². The van der Waals surface area contributed by atoms with E-state index in [2.05, 4.69) is 0 Å². The highest BCUT2D eigenvalue weighted by molar-refractivity contribution is 6.53. The van der Waals surface area contributed by atoms with E-state index in [-0.39, 0.29) is 5.78 Å². The number of rotatable bonds is 4. The van der Waals surface area contributed by atoms with Crippen LogP contribution in [0.1, 0.15) is 26.3 Å². The number of fused-ring (bicyclic) bond motifs is 1. The molecule has 0 N–H and O–H groups in total. The van der Waals surface area contributed by atoms with E-state index in [4.69, 9.17) is 0 Å². The molecule has 27 heavy (non-hydrogen) atoms. The minimum atomic E-state index is -0.591. The van der Waals surface area contributed by atoms with Crippen LogP contribution in [0, 0.1) is 0 Å². The molecule has 4 rings (SSSR count). The summed E-state index contributed by atoms with van der Waals surface area (Å²) in [5.74, 6) is -1.24. The quantitative estimate of drug-likeness (QED) is 0.396. The molecule has 0 spiro atoms. The lowest BCUT2D eigenvalue weighted by molar-refractivity contribution is -0.113. The molecule has 0 atom stereocenters. The second-order valence-electron chi connectivity index (χ2n) is 6.11. The normalized spacial score (nSPS) is 13.3. The van der Waals surface area contributed by atoms with Crippen LogP contribution in [0.3, 0.4) is 0 Å². The number of carbonyl (C=O) groups is 3. The van der Waals surface area contributed by atoms with E-state index in [9.17, 15) is 14.4 Å².